The maximum atomic E-state index is 12.5. The fraction of sp³-hybridized carbons (Fsp3) is 0.529. The highest BCUT2D eigenvalue weighted by Gasteiger charge is 2.24. The minimum atomic E-state index is 0.0458. The zero-order chi connectivity index (χ0) is 17.3. The van der Waals surface area contributed by atoms with Gasteiger partial charge in [-0.15, -0.1) is 0 Å². The van der Waals surface area contributed by atoms with Gasteiger partial charge in [-0.2, -0.15) is 5.10 Å². The first kappa shape index (κ1) is 16.4. The molecule has 0 N–H and O–H groups in total. The molecular weight excluding hydrogens is 304 g/mol. The summed E-state index contributed by atoms with van der Waals surface area (Å²) in [5.41, 5.74) is 1.63. The lowest BCUT2D eigenvalue weighted by Gasteiger charge is -2.35. The zero-order valence-electron chi connectivity index (χ0n) is 14.7. The Kier molecular flexibility index (Phi) is 4.51. The molecule has 1 aliphatic rings. The van der Waals surface area contributed by atoms with Gasteiger partial charge in [-0.3, -0.25) is 9.48 Å². The Labute approximate surface area is 142 Å². The third-order valence-electron chi connectivity index (χ3n) is 4.22. The molecule has 7 heteroatoms. The predicted molar refractivity (Wildman–Crippen MR) is 92.2 cm³/mol. The predicted octanol–water partition coefficient (Wildman–Crippen LogP) is 1.60. The van der Waals surface area contributed by atoms with Gasteiger partial charge in [0.15, 0.2) is 0 Å². The van der Waals surface area contributed by atoms with E-state index in [-0.39, 0.29) is 5.91 Å². The van der Waals surface area contributed by atoms with E-state index in [9.17, 15) is 4.79 Å². The average Bonchev–Trinajstić information content (AvgIpc) is 3.00. The molecular formula is C17H24N6O. The lowest BCUT2D eigenvalue weighted by molar-refractivity contribution is 0.0746. The van der Waals surface area contributed by atoms with Crippen LogP contribution in [0.3, 0.4) is 0 Å². The number of aromatic nitrogens is 4. The summed E-state index contributed by atoms with van der Waals surface area (Å²) in [5, 5.41) is 4.07. The molecule has 24 heavy (non-hydrogen) atoms. The third kappa shape index (κ3) is 3.39. The standard InChI is InChI=1S/C17H24N6O/c1-12(2)16-19-13(3)9-15(20-16)22-5-7-23(8-6-22)17(24)14-10-18-21(4)11-14/h9-12H,5-8H2,1-4H3. The fourth-order valence-corrected chi connectivity index (χ4v) is 2.85. The number of hydrogen-bond acceptors (Lipinski definition) is 5. The molecule has 0 spiro atoms. The maximum Gasteiger partial charge on any atom is 0.257 e. The largest absolute Gasteiger partial charge is 0.353 e. The van der Waals surface area contributed by atoms with Crippen molar-refractivity contribution < 1.29 is 4.79 Å². The Morgan fingerprint density at radius 2 is 1.88 bits per heavy atom. The zero-order valence-corrected chi connectivity index (χ0v) is 14.7. The van der Waals surface area contributed by atoms with E-state index < -0.39 is 0 Å². The highest BCUT2D eigenvalue weighted by molar-refractivity contribution is 5.93. The molecule has 2 aromatic heterocycles. The SMILES string of the molecule is Cc1cc(N2CCN(C(=O)c3cnn(C)c3)CC2)nc(C(C)C)n1. The molecule has 1 amide bonds. The third-order valence-corrected chi connectivity index (χ3v) is 4.22. The van der Waals surface area contributed by atoms with Gasteiger partial charge < -0.3 is 9.80 Å². The summed E-state index contributed by atoms with van der Waals surface area (Å²) in [7, 11) is 1.82. The van der Waals surface area contributed by atoms with Gasteiger partial charge in [-0.05, 0) is 6.92 Å². The Morgan fingerprint density at radius 3 is 2.46 bits per heavy atom. The van der Waals surface area contributed by atoms with Crippen molar-refractivity contribution >= 4 is 11.7 Å². The quantitative estimate of drug-likeness (QED) is 0.856. The van der Waals surface area contributed by atoms with Crippen molar-refractivity contribution in [2.45, 2.75) is 26.7 Å². The van der Waals surface area contributed by atoms with Crippen LogP contribution in [-0.4, -0.2) is 56.7 Å². The van der Waals surface area contributed by atoms with Gasteiger partial charge in [-0.25, -0.2) is 9.97 Å². The van der Waals surface area contributed by atoms with Crippen LogP contribution in [-0.2, 0) is 7.05 Å². The minimum absolute atomic E-state index is 0.0458. The van der Waals surface area contributed by atoms with Crippen LogP contribution in [0.5, 0.6) is 0 Å². The van der Waals surface area contributed by atoms with Crippen molar-refractivity contribution in [3.63, 3.8) is 0 Å². The van der Waals surface area contributed by atoms with Gasteiger partial charge in [0.25, 0.3) is 5.91 Å². The van der Waals surface area contributed by atoms with Crippen molar-refractivity contribution in [3.05, 3.63) is 35.5 Å². The first-order valence-electron chi connectivity index (χ1n) is 8.32. The molecule has 0 unspecified atom stereocenters. The molecule has 1 aliphatic heterocycles. The molecule has 7 nitrogen and oxygen atoms in total. The summed E-state index contributed by atoms with van der Waals surface area (Å²) >= 11 is 0. The summed E-state index contributed by atoms with van der Waals surface area (Å²) in [4.78, 5) is 25.8. The molecule has 0 radical (unpaired) electrons. The van der Waals surface area contributed by atoms with Crippen molar-refractivity contribution in [1.29, 1.82) is 0 Å². The summed E-state index contributed by atoms with van der Waals surface area (Å²) in [6, 6.07) is 2.02. The fourth-order valence-electron chi connectivity index (χ4n) is 2.85. The normalized spacial score (nSPS) is 15.2. The molecule has 3 heterocycles. The monoisotopic (exact) mass is 328 g/mol. The van der Waals surface area contributed by atoms with Crippen LogP contribution < -0.4 is 4.90 Å². The molecule has 128 valence electrons. The maximum absolute atomic E-state index is 12.5. The lowest BCUT2D eigenvalue weighted by atomic mass is 10.2. The van der Waals surface area contributed by atoms with Crippen molar-refractivity contribution in [2.75, 3.05) is 31.1 Å². The lowest BCUT2D eigenvalue weighted by Crippen LogP contribution is -2.49. The van der Waals surface area contributed by atoms with E-state index in [4.69, 9.17) is 0 Å². The van der Waals surface area contributed by atoms with Gasteiger partial charge >= 0.3 is 0 Å². The highest BCUT2D eigenvalue weighted by Crippen LogP contribution is 2.19. The number of hydrogen-bond donors (Lipinski definition) is 0. The smallest absolute Gasteiger partial charge is 0.257 e. The van der Waals surface area contributed by atoms with E-state index in [0.717, 1.165) is 30.4 Å². The van der Waals surface area contributed by atoms with Gasteiger partial charge in [0.05, 0.1) is 11.8 Å². The Bertz CT molecular complexity index is 730. The Hall–Kier alpha value is -2.44. The topological polar surface area (TPSA) is 67.2 Å². The number of nitrogens with zero attached hydrogens (tertiary/aromatic N) is 6. The van der Waals surface area contributed by atoms with Gasteiger partial charge in [0.2, 0.25) is 0 Å². The van der Waals surface area contributed by atoms with E-state index in [2.05, 4.69) is 33.8 Å². The minimum Gasteiger partial charge on any atom is -0.353 e. The van der Waals surface area contributed by atoms with Crippen LogP contribution in [0.2, 0.25) is 0 Å². The van der Waals surface area contributed by atoms with Crippen LogP contribution in [0.15, 0.2) is 18.5 Å². The number of carbonyl (C=O) groups is 1. The molecule has 0 bridgehead atoms. The average molecular weight is 328 g/mol. The second-order valence-electron chi connectivity index (χ2n) is 6.56. The van der Waals surface area contributed by atoms with E-state index in [1.807, 2.05) is 24.9 Å². The first-order chi connectivity index (χ1) is 11.4. The van der Waals surface area contributed by atoms with Crippen molar-refractivity contribution in [2.24, 2.45) is 7.05 Å². The van der Waals surface area contributed by atoms with E-state index >= 15 is 0 Å². The molecule has 0 aliphatic carbocycles. The first-order valence-corrected chi connectivity index (χ1v) is 8.32. The molecule has 0 aromatic carbocycles. The van der Waals surface area contributed by atoms with Crippen molar-refractivity contribution in [1.82, 2.24) is 24.6 Å². The van der Waals surface area contributed by atoms with Crippen LogP contribution in [0.25, 0.3) is 0 Å². The molecule has 0 saturated carbocycles. The van der Waals surface area contributed by atoms with E-state index in [1.54, 1.807) is 17.1 Å². The summed E-state index contributed by atoms with van der Waals surface area (Å²) in [6.45, 7) is 9.13. The van der Waals surface area contributed by atoms with Crippen LogP contribution >= 0.6 is 0 Å². The number of amides is 1. The van der Waals surface area contributed by atoms with Gasteiger partial charge in [0, 0.05) is 57.1 Å². The second kappa shape index (κ2) is 6.59. The molecule has 3 rings (SSSR count). The van der Waals surface area contributed by atoms with Gasteiger partial charge in [0.1, 0.15) is 11.6 Å². The number of piperazine rings is 1. The Morgan fingerprint density at radius 1 is 1.17 bits per heavy atom. The second-order valence-corrected chi connectivity index (χ2v) is 6.56. The molecule has 1 saturated heterocycles. The van der Waals surface area contributed by atoms with Crippen molar-refractivity contribution in [3.8, 4) is 0 Å². The molecule has 2 aromatic rings. The van der Waals surface area contributed by atoms with Crippen LogP contribution in [0, 0.1) is 6.92 Å². The number of rotatable bonds is 3. The van der Waals surface area contributed by atoms with E-state index in [0.29, 0.717) is 24.6 Å². The molecule has 0 atom stereocenters. The van der Waals surface area contributed by atoms with Crippen LogP contribution in [0.4, 0.5) is 5.82 Å². The highest BCUT2D eigenvalue weighted by atomic mass is 16.2. The van der Waals surface area contributed by atoms with Gasteiger partial charge in [-0.1, -0.05) is 13.8 Å². The molecule has 1 fully saturated rings. The number of anilines is 1. The Balaban J connectivity index is 1.68. The summed E-state index contributed by atoms with van der Waals surface area (Å²) in [5.74, 6) is 2.18. The summed E-state index contributed by atoms with van der Waals surface area (Å²) < 4.78 is 1.65. The number of aryl methyl sites for hydroxylation is 2. The van der Waals surface area contributed by atoms with Crippen LogP contribution in [0.1, 0.15) is 41.6 Å². The summed E-state index contributed by atoms with van der Waals surface area (Å²) in [6.07, 6.45) is 3.38. The van der Waals surface area contributed by atoms with E-state index in [1.165, 1.54) is 0 Å². The number of carbonyl (C=O) groups excluding carboxylic acids is 1.